The Morgan fingerprint density at radius 2 is 1.80 bits per heavy atom. The van der Waals surface area contributed by atoms with Crippen molar-refractivity contribution in [2.45, 2.75) is 18.3 Å². The molecule has 1 spiro atoms. The van der Waals surface area contributed by atoms with Gasteiger partial charge in [0, 0.05) is 37.8 Å². The Morgan fingerprint density at radius 3 is 2.52 bits per heavy atom. The van der Waals surface area contributed by atoms with Gasteiger partial charge < -0.3 is 9.80 Å². The van der Waals surface area contributed by atoms with Crippen LogP contribution < -0.4 is 4.90 Å². The molecule has 0 unspecified atom stereocenters. The molecule has 130 valence electrons. The smallest absolute Gasteiger partial charge is 0.256 e. The van der Waals surface area contributed by atoms with Gasteiger partial charge in [-0.2, -0.15) is 0 Å². The van der Waals surface area contributed by atoms with E-state index in [2.05, 4.69) is 4.90 Å². The molecule has 1 saturated heterocycles. The van der Waals surface area contributed by atoms with Crippen LogP contribution in [0.15, 0.2) is 42.5 Å². The number of benzene rings is 2. The van der Waals surface area contributed by atoms with E-state index in [0.29, 0.717) is 13.1 Å². The maximum atomic E-state index is 13.9. The van der Waals surface area contributed by atoms with Crippen LogP contribution in [0.1, 0.15) is 28.8 Å². The number of rotatable bonds is 1. The molecule has 2 aliphatic heterocycles. The van der Waals surface area contributed by atoms with E-state index < -0.39 is 5.82 Å². The topological polar surface area (TPSA) is 23.6 Å². The Kier molecular flexibility index (Phi) is 3.74. The first-order valence-electron chi connectivity index (χ1n) is 8.55. The van der Waals surface area contributed by atoms with Crippen LogP contribution >= 0.6 is 0 Å². The van der Waals surface area contributed by atoms with Gasteiger partial charge >= 0.3 is 0 Å². The molecule has 1 fully saturated rings. The molecule has 0 atom stereocenters. The standard InChI is InChI=1S/C20H20F2N2O/c1-23-13-20(16-7-6-14(21)12-18(16)23)8-10-24(11-9-20)19(25)15-4-2-3-5-17(15)22/h2-7,12H,8-11,13H2,1H3. The first-order valence-corrected chi connectivity index (χ1v) is 8.55. The number of halogens is 2. The fourth-order valence-electron chi connectivity index (χ4n) is 4.26. The van der Waals surface area contributed by atoms with E-state index in [0.717, 1.165) is 30.6 Å². The Morgan fingerprint density at radius 1 is 1.08 bits per heavy atom. The molecule has 0 radical (unpaired) electrons. The molecule has 2 aromatic rings. The van der Waals surface area contributed by atoms with Crippen LogP contribution in [0.4, 0.5) is 14.5 Å². The fraction of sp³-hybridized carbons (Fsp3) is 0.350. The molecule has 25 heavy (non-hydrogen) atoms. The van der Waals surface area contributed by atoms with Crippen LogP contribution in [0, 0.1) is 11.6 Å². The molecule has 2 heterocycles. The molecule has 2 aromatic carbocycles. The largest absolute Gasteiger partial charge is 0.373 e. The Hall–Kier alpha value is -2.43. The monoisotopic (exact) mass is 342 g/mol. The number of hydrogen-bond acceptors (Lipinski definition) is 2. The van der Waals surface area contributed by atoms with E-state index in [4.69, 9.17) is 0 Å². The summed E-state index contributed by atoms with van der Waals surface area (Å²) >= 11 is 0. The molecule has 0 bridgehead atoms. The molecule has 0 saturated carbocycles. The van der Waals surface area contributed by atoms with Crippen molar-refractivity contribution in [3.05, 3.63) is 65.2 Å². The SMILES string of the molecule is CN1CC2(CCN(C(=O)c3ccccc3F)CC2)c2ccc(F)cc21. The molecule has 1 amide bonds. The van der Waals surface area contributed by atoms with Gasteiger partial charge in [0.25, 0.3) is 5.91 Å². The minimum Gasteiger partial charge on any atom is -0.373 e. The van der Waals surface area contributed by atoms with Crippen molar-refractivity contribution in [1.82, 2.24) is 4.90 Å². The summed E-state index contributed by atoms with van der Waals surface area (Å²) in [5.41, 5.74) is 2.18. The lowest BCUT2D eigenvalue weighted by Crippen LogP contribution is -2.47. The summed E-state index contributed by atoms with van der Waals surface area (Å²) in [5, 5.41) is 0. The minimum atomic E-state index is -0.478. The number of likely N-dealkylation sites (N-methyl/N-ethyl adjacent to an activating group) is 1. The molecule has 4 rings (SSSR count). The maximum Gasteiger partial charge on any atom is 0.256 e. The maximum absolute atomic E-state index is 13.9. The zero-order valence-electron chi connectivity index (χ0n) is 14.1. The molecule has 0 aromatic heterocycles. The number of carbonyl (C=O) groups excluding carboxylic acids is 1. The van der Waals surface area contributed by atoms with Crippen molar-refractivity contribution in [1.29, 1.82) is 0 Å². The average Bonchev–Trinajstić information content (AvgIpc) is 2.87. The van der Waals surface area contributed by atoms with E-state index >= 15 is 0 Å². The predicted octanol–water partition coefficient (Wildman–Crippen LogP) is 3.59. The van der Waals surface area contributed by atoms with E-state index in [1.807, 2.05) is 13.1 Å². The number of carbonyl (C=O) groups is 1. The third-order valence-corrected chi connectivity index (χ3v) is 5.59. The highest BCUT2D eigenvalue weighted by atomic mass is 19.1. The number of hydrogen-bond donors (Lipinski definition) is 0. The van der Waals surface area contributed by atoms with Gasteiger partial charge in [0.1, 0.15) is 11.6 Å². The minimum absolute atomic E-state index is 0.0518. The van der Waals surface area contributed by atoms with Crippen LogP contribution in [-0.2, 0) is 5.41 Å². The predicted molar refractivity (Wildman–Crippen MR) is 92.9 cm³/mol. The summed E-state index contributed by atoms with van der Waals surface area (Å²) in [6, 6.07) is 11.1. The quantitative estimate of drug-likeness (QED) is 0.791. The number of likely N-dealkylation sites (tertiary alicyclic amines) is 1. The van der Waals surface area contributed by atoms with Crippen molar-refractivity contribution in [3.63, 3.8) is 0 Å². The van der Waals surface area contributed by atoms with Crippen molar-refractivity contribution >= 4 is 11.6 Å². The fourth-order valence-corrected chi connectivity index (χ4v) is 4.26. The van der Waals surface area contributed by atoms with E-state index in [-0.39, 0.29) is 22.7 Å². The van der Waals surface area contributed by atoms with Crippen LogP contribution in [0.3, 0.4) is 0 Å². The van der Waals surface area contributed by atoms with Crippen molar-refractivity contribution in [2.75, 3.05) is 31.6 Å². The van der Waals surface area contributed by atoms with Crippen LogP contribution in [0.25, 0.3) is 0 Å². The summed E-state index contributed by atoms with van der Waals surface area (Å²) in [5.74, 6) is -0.956. The zero-order valence-corrected chi connectivity index (χ0v) is 14.1. The molecular formula is C20H20F2N2O. The number of nitrogens with zero attached hydrogens (tertiary/aromatic N) is 2. The van der Waals surface area contributed by atoms with E-state index in [9.17, 15) is 13.6 Å². The second-order valence-corrected chi connectivity index (χ2v) is 7.07. The van der Waals surface area contributed by atoms with Gasteiger partial charge in [0.15, 0.2) is 0 Å². The van der Waals surface area contributed by atoms with Gasteiger partial charge in [0.2, 0.25) is 0 Å². The zero-order chi connectivity index (χ0) is 17.6. The number of fused-ring (bicyclic) bond motifs is 2. The number of amides is 1. The number of anilines is 1. The Labute approximate surface area is 145 Å². The number of piperidine rings is 1. The lowest BCUT2D eigenvalue weighted by molar-refractivity contribution is 0.0670. The second-order valence-electron chi connectivity index (χ2n) is 7.07. The van der Waals surface area contributed by atoms with Gasteiger partial charge in [0.05, 0.1) is 5.56 Å². The molecule has 3 nitrogen and oxygen atoms in total. The molecule has 2 aliphatic rings. The molecule has 0 N–H and O–H groups in total. The summed E-state index contributed by atoms with van der Waals surface area (Å²) in [7, 11) is 1.98. The van der Waals surface area contributed by atoms with Gasteiger partial charge in [-0.15, -0.1) is 0 Å². The first-order chi connectivity index (χ1) is 12.0. The van der Waals surface area contributed by atoms with Gasteiger partial charge in [-0.25, -0.2) is 8.78 Å². The van der Waals surface area contributed by atoms with Crippen molar-refractivity contribution in [2.24, 2.45) is 0 Å². The van der Waals surface area contributed by atoms with Crippen molar-refractivity contribution < 1.29 is 13.6 Å². The average molecular weight is 342 g/mol. The summed E-state index contributed by atoms with van der Waals surface area (Å²) < 4.78 is 27.5. The Bertz CT molecular complexity index is 828. The highest BCUT2D eigenvalue weighted by molar-refractivity contribution is 5.94. The summed E-state index contributed by atoms with van der Waals surface area (Å²) in [6.07, 6.45) is 1.60. The molecular weight excluding hydrogens is 322 g/mol. The highest BCUT2D eigenvalue weighted by Gasteiger charge is 2.44. The highest BCUT2D eigenvalue weighted by Crippen LogP contribution is 2.46. The van der Waals surface area contributed by atoms with Crippen LogP contribution in [0.5, 0.6) is 0 Å². The lowest BCUT2D eigenvalue weighted by atomic mass is 9.74. The Balaban J connectivity index is 1.55. The first kappa shape index (κ1) is 16.1. The van der Waals surface area contributed by atoms with Crippen molar-refractivity contribution in [3.8, 4) is 0 Å². The summed E-state index contributed by atoms with van der Waals surface area (Å²) in [6.45, 7) is 1.99. The van der Waals surface area contributed by atoms with E-state index in [1.165, 1.54) is 18.2 Å². The molecule has 0 aliphatic carbocycles. The van der Waals surface area contributed by atoms with Gasteiger partial charge in [-0.3, -0.25) is 4.79 Å². The van der Waals surface area contributed by atoms with Gasteiger partial charge in [-0.05, 0) is 42.7 Å². The van der Waals surface area contributed by atoms with Crippen LogP contribution in [-0.4, -0.2) is 37.5 Å². The molecule has 5 heteroatoms. The second kappa shape index (κ2) is 5.83. The third kappa shape index (κ3) is 2.58. The normalized spacial score (nSPS) is 18.5. The van der Waals surface area contributed by atoms with Gasteiger partial charge in [-0.1, -0.05) is 18.2 Å². The lowest BCUT2D eigenvalue weighted by Gasteiger charge is -2.40. The van der Waals surface area contributed by atoms with E-state index in [1.54, 1.807) is 23.1 Å². The van der Waals surface area contributed by atoms with Crippen LogP contribution in [0.2, 0.25) is 0 Å². The summed E-state index contributed by atoms with van der Waals surface area (Å²) in [4.78, 5) is 16.4. The third-order valence-electron chi connectivity index (χ3n) is 5.59.